The normalized spacial score (nSPS) is 23.7. The van der Waals surface area contributed by atoms with Crippen LogP contribution in [-0.2, 0) is 10.2 Å². The van der Waals surface area contributed by atoms with Crippen LogP contribution in [-0.4, -0.2) is 14.4 Å². The molecule has 3 rings (SSSR count). The molecule has 2 heterocycles. The van der Waals surface area contributed by atoms with E-state index < -0.39 is 5.41 Å². The molecular weight excluding hydrogens is 348 g/mol. The lowest BCUT2D eigenvalue weighted by molar-refractivity contribution is -0.112. The van der Waals surface area contributed by atoms with E-state index in [2.05, 4.69) is 47.6 Å². The third-order valence-corrected chi connectivity index (χ3v) is 9.70. The quantitative estimate of drug-likeness (QED) is 0.569. The molecule has 0 spiro atoms. The van der Waals surface area contributed by atoms with Crippen molar-refractivity contribution in [1.82, 2.24) is 0 Å². The minimum Gasteiger partial charge on any atom is -0.302 e. The first-order valence-corrected chi connectivity index (χ1v) is 10.8. The van der Waals surface area contributed by atoms with Crippen LogP contribution in [0.4, 0.5) is 0 Å². The van der Waals surface area contributed by atoms with E-state index in [1.54, 1.807) is 0 Å². The van der Waals surface area contributed by atoms with E-state index in [9.17, 15) is 4.79 Å². The lowest BCUT2D eigenvalue weighted by atomic mass is 9.81. The van der Waals surface area contributed by atoms with Gasteiger partial charge in [-0.15, -0.1) is 47.0 Å². The lowest BCUT2D eigenvalue weighted by Crippen LogP contribution is -2.25. The molecule has 1 aromatic carbocycles. The zero-order chi connectivity index (χ0) is 16.3. The molecular formula is C17H22OS4. The highest BCUT2D eigenvalue weighted by Gasteiger charge is 2.43. The fourth-order valence-corrected chi connectivity index (χ4v) is 8.84. The Kier molecular flexibility index (Phi) is 4.20. The van der Waals surface area contributed by atoms with Gasteiger partial charge in [-0.25, -0.2) is 0 Å². The molecule has 1 unspecified atom stereocenters. The molecule has 0 radical (unpaired) electrons. The number of rotatable bonds is 3. The number of fused-ring (bicyclic) bond motifs is 2. The third-order valence-electron chi connectivity index (χ3n) is 4.14. The van der Waals surface area contributed by atoms with Crippen LogP contribution in [0, 0.1) is 0 Å². The van der Waals surface area contributed by atoms with Crippen molar-refractivity contribution < 1.29 is 4.79 Å². The summed E-state index contributed by atoms with van der Waals surface area (Å²) in [6.45, 7) is 13.3. The minimum atomic E-state index is -0.391. The Balaban J connectivity index is 2.26. The van der Waals surface area contributed by atoms with E-state index in [1.165, 1.54) is 25.1 Å². The highest BCUT2D eigenvalue weighted by molar-refractivity contribution is 8.21. The average molecular weight is 371 g/mol. The van der Waals surface area contributed by atoms with Crippen LogP contribution in [0.1, 0.15) is 53.5 Å². The number of carbonyl (C=O) groups is 1. The van der Waals surface area contributed by atoms with Gasteiger partial charge in [0.1, 0.15) is 6.29 Å². The maximum Gasteiger partial charge on any atom is 0.130 e. The van der Waals surface area contributed by atoms with Gasteiger partial charge in [0.15, 0.2) is 0 Å². The van der Waals surface area contributed by atoms with Crippen LogP contribution in [0.25, 0.3) is 0 Å². The summed E-state index contributed by atoms with van der Waals surface area (Å²) in [6, 6.07) is 2.36. The summed E-state index contributed by atoms with van der Waals surface area (Å²) in [5.41, 5.74) is 0.890. The van der Waals surface area contributed by atoms with Gasteiger partial charge in [-0.2, -0.15) is 0 Å². The summed E-state index contributed by atoms with van der Waals surface area (Å²) in [5.74, 6) is 0. The summed E-state index contributed by atoms with van der Waals surface area (Å²) in [7, 11) is 0. The molecule has 0 amide bonds. The van der Waals surface area contributed by atoms with Crippen molar-refractivity contribution in [1.29, 1.82) is 0 Å². The molecule has 1 nitrogen and oxygen atoms in total. The zero-order valence-corrected chi connectivity index (χ0v) is 17.2. The van der Waals surface area contributed by atoms with Gasteiger partial charge in [0.25, 0.3) is 0 Å². The first-order chi connectivity index (χ1) is 10.1. The van der Waals surface area contributed by atoms with E-state index >= 15 is 0 Å². The lowest BCUT2D eigenvalue weighted by Gasteiger charge is -2.27. The molecule has 0 bridgehead atoms. The fourth-order valence-electron chi connectivity index (χ4n) is 2.85. The van der Waals surface area contributed by atoms with E-state index in [1.807, 2.05) is 47.0 Å². The van der Waals surface area contributed by atoms with E-state index in [0.717, 1.165) is 12.7 Å². The van der Waals surface area contributed by atoms with Crippen LogP contribution in [0.5, 0.6) is 0 Å². The van der Waals surface area contributed by atoms with Crippen molar-refractivity contribution >= 4 is 53.3 Å². The van der Waals surface area contributed by atoms with Gasteiger partial charge < -0.3 is 4.79 Å². The summed E-state index contributed by atoms with van der Waals surface area (Å²) in [4.78, 5) is 17.4. The van der Waals surface area contributed by atoms with Crippen molar-refractivity contribution in [3.05, 3.63) is 11.6 Å². The maximum absolute atomic E-state index is 11.9. The number of aldehydes is 1. The highest BCUT2D eigenvalue weighted by Crippen LogP contribution is 2.65. The van der Waals surface area contributed by atoms with Gasteiger partial charge in [-0.1, -0.05) is 6.92 Å². The van der Waals surface area contributed by atoms with Crippen LogP contribution in [0.2, 0.25) is 0 Å². The summed E-state index contributed by atoms with van der Waals surface area (Å²) in [5, 5.41) is 0. The van der Waals surface area contributed by atoms with Gasteiger partial charge >= 0.3 is 0 Å². The molecule has 22 heavy (non-hydrogen) atoms. The molecule has 0 aromatic heterocycles. The molecule has 1 aromatic rings. The summed E-state index contributed by atoms with van der Waals surface area (Å²) < 4.78 is 0.295. The molecule has 2 aliphatic heterocycles. The van der Waals surface area contributed by atoms with Crippen LogP contribution < -0.4 is 0 Å². The molecule has 2 aliphatic rings. The van der Waals surface area contributed by atoms with Crippen molar-refractivity contribution in [3.63, 3.8) is 0 Å². The first kappa shape index (κ1) is 17.1. The Morgan fingerprint density at radius 3 is 1.82 bits per heavy atom. The van der Waals surface area contributed by atoms with Crippen LogP contribution in [0.3, 0.4) is 0 Å². The molecule has 0 fully saturated rings. The minimum absolute atomic E-state index is 0.147. The predicted octanol–water partition coefficient (Wildman–Crippen LogP) is 6.42. The molecule has 0 saturated heterocycles. The Bertz CT molecular complexity index is 608. The Morgan fingerprint density at radius 2 is 1.45 bits per heavy atom. The maximum atomic E-state index is 11.9. The van der Waals surface area contributed by atoms with Gasteiger partial charge in [-0.05, 0) is 52.7 Å². The monoisotopic (exact) mass is 370 g/mol. The number of hydrogen-bond acceptors (Lipinski definition) is 5. The fraction of sp³-hybridized carbons (Fsp3) is 0.588. The van der Waals surface area contributed by atoms with Crippen LogP contribution >= 0.6 is 47.0 Å². The zero-order valence-electron chi connectivity index (χ0n) is 13.9. The van der Waals surface area contributed by atoms with Gasteiger partial charge in [0.05, 0.1) is 13.6 Å². The van der Waals surface area contributed by atoms with E-state index in [0.29, 0.717) is 0 Å². The van der Waals surface area contributed by atoms with Crippen LogP contribution in [0.15, 0.2) is 25.6 Å². The second kappa shape index (κ2) is 5.40. The van der Waals surface area contributed by atoms with Crippen molar-refractivity contribution in [2.24, 2.45) is 0 Å². The predicted molar refractivity (Wildman–Crippen MR) is 102 cm³/mol. The molecule has 0 saturated carbocycles. The second-order valence-corrected chi connectivity index (χ2v) is 14.1. The second-order valence-electron chi connectivity index (χ2n) is 7.00. The smallest absolute Gasteiger partial charge is 0.130 e. The molecule has 120 valence electrons. The van der Waals surface area contributed by atoms with Gasteiger partial charge in [-0.3, -0.25) is 0 Å². The van der Waals surface area contributed by atoms with Gasteiger partial charge in [0, 0.05) is 19.6 Å². The average Bonchev–Trinajstić information content (AvgIpc) is 2.87. The van der Waals surface area contributed by atoms with Crippen molar-refractivity contribution in [3.8, 4) is 0 Å². The summed E-state index contributed by atoms with van der Waals surface area (Å²) in [6.07, 6.45) is 2.01. The Hall–Kier alpha value is 0.290. The molecule has 0 aliphatic carbocycles. The largest absolute Gasteiger partial charge is 0.302 e. The number of benzene rings is 1. The highest BCUT2D eigenvalue weighted by atomic mass is 32.2. The first-order valence-electron chi connectivity index (χ1n) is 7.55. The van der Waals surface area contributed by atoms with Crippen molar-refractivity contribution in [2.75, 3.05) is 0 Å². The van der Waals surface area contributed by atoms with Crippen molar-refractivity contribution in [2.45, 2.75) is 81.1 Å². The SMILES string of the molecule is CCC(C)(C=O)c1c2c(cc3c1SC(C)(C)S3)SC(C)(C)S2. The number of hydrogen-bond donors (Lipinski definition) is 0. The number of carbonyl (C=O) groups excluding carboxylic acids is 1. The standard InChI is InChI=1S/C17H22OS4/c1-7-17(6,9-18)12-13-10(19-15(2,3)21-13)8-11-14(12)22-16(4,5)20-11/h8-9H,7H2,1-6H3. The van der Waals surface area contributed by atoms with Gasteiger partial charge in [0.2, 0.25) is 0 Å². The molecule has 1 atom stereocenters. The van der Waals surface area contributed by atoms with E-state index in [-0.39, 0.29) is 8.16 Å². The summed E-state index contributed by atoms with van der Waals surface area (Å²) >= 11 is 7.72. The molecule has 0 N–H and O–H groups in total. The van der Waals surface area contributed by atoms with E-state index in [4.69, 9.17) is 0 Å². The Morgan fingerprint density at radius 1 is 1.00 bits per heavy atom. The Labute approximate surface area is 150 Å². The topological polar surface area (TPSA) is 17.1 Å². The molecule has 5 heteroatoms. The number of thioether (sulfide) groups is 4. The third kappa shape index (κ3) is 2.76.